The van der Waals surface area contributed by atoms with E-state index in [4.69, 9.17) is 0 Å². The van der Waals surface area contributed by atoms with Gasteiger partial charge in [0.15, 0.2) is 0 Å². The number of anilines is 1. The van der Waals surface area contributed by atoms with Crippen LogP contribution in [0.4, 0.5) is 14.9 Å². The van der Waals surface area contributed by atoms with Crippen LogP contribution in [0.3, 0.4) is 0 Å². The Kier molecular flexibility index (Phi) is 5.35. The van der Waals surface area contributed by atoms with E-state index in [0.29, 0.717) is 35.6 Å². The molecule has 1 aliphatic rings. The van der Waals surface area contributed by atoms with Gasteiger partial charge in [0.25, 0.3) is 5.56 Å². The number of benzene rings is 2. The molecule has 2 heterocycles. The largest absolute Gasteiger partial charge is 0.322 e. The van der Waals surface area contributed by atoms with Crippen molar-refractivity contribution in [1.82, 2.24) is 14.9 Å². The Morgan fingerprint density at radius 3 is 2.63 bits per heavy atom. The summed E-state index contributed by atoms with van der Waals surface area (Å²) in [4.78, 5) is 34.3. The predicted octanol–water partition coefficient (Wildman–Crippen LogP) is 3.71. The highest BCUT2D eigenvalue weighted by molar-refractivity contribution is 5.91. The highest BCUT2D eigenvalue weighted by Gasteiger charge is 2.25. The molecule has 0 atom stereocenters. The second-order valence-corrected chi connectivity index (χ2v) is 7.57. The molecular formula is C23H23FN4O2. The molecule has 7 heteroatoms. The Morgan fingerprint density at radius 1 is 1.17 bits per heavy atom. The summed E-state index contributed by atoms with van der Waals surface area (Å²) >= 11 is 0. The van der Waals surface area contributed by atoms with Gasteiger partial charge in [0, 0.05) is 25.1 Å². The molecule has 6 nitrogen and oxygen atoms in total. The van der Waals surface area contributed by atoms with E-state index in [0.717, 1.165) is 16.8 Å². The number of nitrogens with one attached hydrogen (secondary N) is 2. The number of aromatic nitrogens is 2. The highest BCUT2D eigenvalue weighted by atomic mass is 19.1. The summed E-state index contributed by atoms with van der Waals surface area (Å²) in [5.41, 5.74) is 4.11. The van der Waals surface area contributed by atoms with E-state index < -0.39 is 0 Å². The van der Waals surface area contributed by atoms with Gasteiger partial charge in [0.2, 0.25) is 0 Å². The van der Waals surface area contributed by atoms with Crippen LogP contribution in [0.15, 0.2) is 47.3 Å². The van der Waals surface area contributed by atoms with E-state index in [-0.39, 0.29) is 30.4 Å². The molecule has 0 radical (unpaired) electrons. The number of amides is 2. The van der Waals surface area contributed by atoms with E-state index in [2.05, 4.69) is 15.3 Å². The van der Waals surface area contributed by atoms with Crippen LogP contribution in [0.2, 0.25) is 0 Å². The molecule has 0 aliphatic carbocycles. The monoisotopic (exact) mass is 406 g/mol. The Morgan fingerprint density at radius 2 is 1.90 bits per heavy atom. The van der Waals surface area contributed by atoms with E-state index in [1.807, 2.05) is 32.0 Å². The van der Waals surface area contributed by atoms with Gasteiger partial charge < -0.3 is 15.2 Å². The molecule has 0 saturated carbocycles. The third-order valence-electron chi connectivity index (χ3n) is 5.43. The third-order valence-corrected chi connectivity index (χ3v) is 5.43. The molecule has 1 aliphatic heterocycles. The number of carbonyl (C=O) groups is 1. The fraction of sp³-hybridized carbons (Fsp3) is 0.261. The van der Waals surface area contributed by atoms with Crippen molar-refractivity contribution in [3.05, 3.63) is 92.4 Å². The first-order valence-electron chi connectivity index (χ1n) is 9.89. The maximum absolute atomic E-state index is 13.9. The maximum atomic E-state index is 13.9. The first kappa shape index (κ1) is 19.8. The summed E-state index contributed by atoms with van der Waals surface area (Å²) in [6.45, 7) is 4.54. The lowest BCUT2D eigenvalue weighted by Gasteiger charge is -2.28. The second-order valence-electron chi connectivity index (χ2n) is 7.57. The molecule has 0 fully saturated rings. The number of aryl methyl sites for hydroxylation is 2. The summed E-state index contributed by atoms with van der Waals surface area (Å²) in [7, 11) is 0. The van der Waals surface area contributed by atoms with E-state index in [1.54, 1.807) is 23.1 Å². The minimum Gasteiger partial charge on any atom is -0.320 e. The van der Waals surface area contributed by atoms with Crippen LogP contribution in [0.25, 0.3) is 0 Å². The summed E-state index contributed by atoms with van der Waals surface area (Å²) in [6, 6.07) is 12.0. The molecule has 0 unspecified atom stereocenters. The first-order chi connectivity index (χ1) is 14.4. The van der Waals surface area contributed by atoms with Gasteiger partial charge in [-0.2, -0.15) is 0 Å². The van der Waals surface area contributed by atoms with Gasteiger partial charge in [-0.1, -0.05) is 36.4 Å². The van der Waals surface area contributed by atoms with Crippen molar-refractivity contribution < 1.29 is 9.18 Å². The quantitative estimate of drug-likeness (QED) is 0.696. The molecule has 30 heavy (non-hydrogen) atoms. The lowest BCUT2D eigenvalue weighted by molar-refractivity contribution is 0.205. The van der Waals surface area contributed by atoms with Crippen molar-refractivity contribution >= 4 is 11.7 Å². The summed E-state index contributed by atoms with van der Waals surface area (Å²) in [6.07, 6.45) is 0.690. The number of aromatic amines is 1. The number of hydrogen-bond donors (Lipinski definition) is 2. The molecule has 2 N–H and O–H groups in total. The van der Waals surface area contributed by atoms with Crippen molar-refractivity contribution in [3.8, 4) is 0 Å². The molecule has 4 rings (SSSR count). The smallest absolute Gasteiger partial charge is 0.320 e. The topological polar surface area (TPSA) is 78.1 Å². The predicted molar refractivity (Wildman–Crippen MR) is 113 cm³/mol. The highest BCUT2D eigenvalue weighted by Crippen LogP contribution is 2.22. The van der Waals surface area contributed by atoms with Crippen LogP contribution >= 0.6 is 0 Å². The Hall–Kier alpha value is -3.48. The van der Waals surface area contributed by atoms with Crippen LogP contribution < -0.4 is 10.9 Å². The van der Waals surface area contributed by atoms with Gasteiger partial charge in [-0.05, 0) is 36.6 Å². The van der Waals surface area contributed by atoms with Crippen molar-refractivity contribution in [1.29, 1.82) is 0 Å². The van der Waals surface area contributed by atoms with E-state index in [1.165, 1.54) is 6.07 Å². The third kappa shape index (κ3) is 3.96. The molecule has 0 bridgehead atoms. The summed E-state index contributed by atoms with van der Waals surface area (Å²) < 4.78 is 13.9. The van der Waals surface area contributed by atoms with Gasteiger partial charge in [0.05, 0.1) is 17.8 Å². The summed E-state index contributed by atoms with van der Waals surface area (Å²) in [5.74, 6) is 0.101. The van der Waals surface area contributed by atoms with Gasteiger partial charge in [-0.15, -0.1) is 0 Å². The maximum Gasteiger partial charge on any atom is 0.322 e. The number of rotatable bonds is 3. The number of fused-ring (bicyclic) bond motifs is 1. The minimum absolute atomic E-state index is 0.189. The Labute approximate surface area is 173 Å². The normalized spacial score (nSPS) is 13.1. The minimum atomic E-state index is -0.327. The van der Waals surface area contributed by atoms with Crippen molar-refractivity contribution in [2.24, 2.45) is 0 Å². The molecule has 154 valence electrons. The molecule has 1 aromatic heterocycles. The van der Waals surface area contributed by atoms with Crippen molar-refractivity contribution in [2.45, 2.75) is 33.2 Å². The zero-order valence-electron chi connectivity index (χ0n) is 17.0. The van der Waals surface area contributed by atoms with E-state index >= 15 is 0 Å². The fourth-order valence-electron chi connectivity index (χ4n) is 3.75. The lowest BCUT2D eigenvalue weighted by atomic mass is 10.1. The van der Waals surface area contributed by atoms with Crippen LogP contribution in [0, 0.1) is 19.7 Å². The molecule has 0 spiro atoms. The van der Waals surface area contributed by atoms with E-state index in [9.17, 15) is 14.0 Å². The van der Waals surface area contributed by atoms with Crippen molar-refractivity contribution in [3.63, 3.8) is 0 Å². The molecular weight excluding hydrogens is 383 g/mol. The zero-order valence-corrected chi connectivity index (χ0v) is 17.0. The van der Waals surface area contributed by atoms with Gasteiger partial charge >= 0.3 is 6.03 Å². The molecule has 3 aromatic rings. The lowest BCUT2D eigenvalue weighted by Crippen LogP contribution is -2.42. The van der Waals surface area contributed by atoms with Gasteiger partial charge in [-0.25, -0.2) is 14.2 Å². The standard InChI is InChI=1S/C23H23FN4O2/c1-14-6-5-7-15(2)21(14)27-23(30)28-11-10-19-17(13-28)22(29)26-20(25-19)12-16-8-3-4-9-18(16)24/h3-9H,10-13H2,1-2H3,(H,27,30)(H,25,26,29). The van der Waals surface area contributed by atoms with Crippen LogP contribution in [-0.4, -0.2) is 27.4 Å². The SMILES string of the molecule is Cc1cccc(C)c1NC(=O)N1CCc2nc(Cc3ccccc3F)[nH]c(=O)c2C1. The Balaban J connectivity index is 1.52. The molecule has 2 aromatic carbocycles. The molecule has 2 amide bonds. The number of carbonyl (C=O) groups excluding carboxylic acids is 1. The number of halogens is 1. The first-order valence-corrected chi connectivity index (χ1v) is 9.89. The number of para-hydroxylation sites is 1. The molecule has 0 saturated heterocycles. The van der Waals surface area contributed by atoms with Gasteiger partial charge in [-0.3, -0.25) is 4.79 Å². The fourth-order valence-corrected chi connectivity index (χ4v) is 3.75. The van der Waals surface area contributed by atoms with Crippen molar-refractivity contribution in [2.75, 3.05) is 11.9 Å². The second kappa shape index (κ2) is 8.10. The van der Waals surface area contributed by atoms with Crippen LogP contribution in [0.1, 0.15) is 33.8 Å². The number of nitrogens with zero attached hydrogens (tertiary/aromatic N) is 2. The van der Waals surface area contributed by atoms with Crippen LogP contribution in [-0.2, 0) is 19.4 Å². The zero-order chi connectivity index (χ0) is 21.3. The summed E-state index contributed by atoms with van der Waals surface area (Å²) in [5, 5.41) is 2.96. The average molecular weight is 406 g/mol. The average Bonchev–Trinajstić information content (AvgIpc) is 2.72. The Bertz CT molecular complexity index is 1150. The number of H-pyrrole nitrogens is 1. The van der Waals surface area contributed by atoms with Gasteiger partial charge in [0.1, 0.15) is 11.6 Å². The van der Waals surface area contributed by atoms with Crippen LogP contribution in [0.5, 0.6) is 0 Å². The number of hydrogen-bond acceptors (Lipinski definition) is 3. The number of urea groups is 1.